The average Bonchev–Trinajstić information content (AvgIpc) is 2.28. The fraction of sp³-hybridized carbons (Fsp3) is 0.0909. The molecule has 0 N–H and O–H groups in total. The Morgan fingerprint density at radius 3 is 2.33 bits per heavy atom. The van der Waals surface area contributed by atoms with Crippen LogP contribution in [0.5, 0.6) is 0 Å². The van der Waals surface area contributed by atoms with Gasteiger partial charge in [0.2, 0.25) is 5.95 Å². The molecule has 2 aromatic heterocycles. The van der Waals surface area contributed by atoms with Gasteiger partial charge >= 0.3 is 6.18 Å². The van der Waals surface area contributed by atoms with Crippen molar-refractivity contribution < 1.29 is 17.6 Å². The third-order valence-corrected chi connectivity index (χ3v) is 2.85. The van der Waals surface area contributed by atoms with Crippen molar-refractivity contribution in [3.8, 4) is 0 Å². The molecule has 18 heavy (non-hydrogen) atoms. The van der Waals surface area contributed by atoms with Gasteiger partial charge in [-0.15, -0.1) is 0 Å². The third kappa shape index (κ3) is 3.19. The minimum absolute atomic E-state index is 0.320. The van der Waals surface area contributed by atoms with Crippen LogP contribution in [-0.2, 0) is 6.18 Å². The van der Waals surface area contributed by atoms with Crippen LogP contribution in [0.3, 0.4) is 0 Å². The van der Waals surface area contributed by atoms with Crippen LogP contribution in [0.15, 0.2) is 46.6 Å². The van der Waals surface area contributed by atoms with E-state index >= 15 is 0 Å². The summed E-state index contributed by atoms with van der Waals surface area (Å²) in [5, 5.41) is 0.656. The first-order valence-corrected chi connectivity index (χ1v) is 5.60. The lowest BCUT2D eigenvalue weighted by Crippen LogP contribution is -2.05. The molecule has 0 unspecified atom stereocenters. The van der Waals surface area contributed by atoms with Crippen LogP contribution in [0.2, 0.25) is 0 Å². The van der Waals surface area contributed by atoms with E-state index in [0.717, 1.165) is 24.0 Å². The predicted octanol–water partition coefficient (Wildman–Crippen LogP) is 3.79. The summed E-state index contributed by atoms with van der Waals surface area (Å²) in [6.45, 7) is 0. The highest BCUT2D eigenvalue weighted by molar-refractivity contribution is 7.99. The third-order valence-electron chi connectivity index (χ3n) is 1.96. The smallest absolute Gasteiger partial charge is 0.249 e. The number of hydrogen-bond donors (Lipinski definition) is 0. The monoisotopic (exact) mass is 274 g/mol. The molecule has 0 aliphatic rings. The van der Waals surface area contributed by atoms with Crippen molar-refractivity contribution in [2.45, 2.75) is 16.2 Å². The summed E-state index contributed by atoms with van der Waals surface area (Å²) in [6.07, 6.45) is -3.67. The minimum Gasteiger partial charge on any atom is -0.249 e. The lowest BCUT2D eigenvalue weighted by molar-refractivity contribution is -0.137. The molecule has 0 bridgehead atoms. The molecule has 0 radical (unpaired) electrons. The highest BCUT2D eigenvalue weighted by Gasteiger charge is 2.30. The molecule has 0 amide bonds. The Bertz CT molecular complexity index is 539. The minimum atomic E-state index is -4.41. The van der Waals surface area contributed by atoms with E-state index < -0.39 is 17.7 Å². The summed E-state index contributed by atoms with van der Waals surface area (Å²) in [5.74, 6) is -0.646. The topological polar surface area (TPSA) is 25.8 Å². The molecule has 2 nitrogen and oxygen atoms in total. The van der Waals surface area contributed by atoms with Gasteiger partial charge in [-0.2, -0.15) is 17.6 Å². The molecule has 0 saturated carbocycles. The van der Waals surface area contributed by atoms with Crippen molar-refractivity contribution in [2.24, 2.45) is 0 Å². The molecule has 2 rings (SSSR count). The second kappa shape index (κ2) is 4.93. The van der Waals surface area contributed by atoms with Crippen LogP contribution < -0.4 is 0 Å². The molecule has 0 aliphatic heterocycles. The van der Waals surface area contributed by atoms with Gasteiger partial charge < -0.3 is 0 Å². The molecular formula is C11H6F4N2S. The van der Waals surface area contributed by atoms with E-state index in [2.05, 4.69) is 9.97 Å². The van der Waals surface area contributed by atoms with Gasteiger partial charge in [0.15, 0.2) is 0 Å². The van der Waals surface area contributed by atoms with E-state index in [1.165, 1.54) is 18.2 Å². The summed E-state index contributed by atoms with van der Waals surface area (Å²) in [4.78, 5) is 7.22. The molecule has 94 valence electrons. The van der Waals surface area contributed by atoms with E-state index in [1.54, 1.807) is 6.07 Å². The lowest BCUT2D eigenvalue weighted by Gasteiger charge is -2.06. The molecule has 0 fully saturated rings. The summed E-state index contributed by atoms with van der Waals surface area (Å²) < 4.78 is 49.7. The highest BCUT2D eigenvalue weighted by Crippen LogP contribution is 2.30. The van der Waals surface area contributed by atoms with Crippen molar-refractivity contribution in [3.05, 3.63) is 48.0 Å². The number of alkyl halides is 3. The van der Waals surface area contributed by atoms with Gasteiger partial charge in [-0.3, -0.25) is 0 Å². The average molecular weight is 274 g/mol. The normalized spacial score (nSPS) is 11.6. The van der Waals surface area contributed by atoms with Gasteiger partial charge in [0, 0.05) is 6.20 Å². The van der Waals surface area contributed by atoms with Crippen molar-refractivity contribution >= 4 is 11.8 Å². The van der Waals surface area contributed by atoms with Crippen LogP contribution in [0.25, 0.3) is 0 Å². The van der Waals surface area contributed by atoms with Crippen LogP contribution >= 0.6 is 11.8 Å². The van der Waals surface area contributed by atoms with Gasteiger partial charge in [0.1, 0.15) is 10.1 Å². The lowest BCUT2D eigenvalue weighted by atomic mass is 10.3. The maximum absolute atomic E-state index is 12.8. The molecule has 0 atom stereocenters. The Balaban J connectivity index is 2.16. The first-order chi connectivity index (χ1) is 8.45. The number of hydrogen-bond acceptors (Lipinski definition) is 3. The van der Waals surface area contributed by atoms with E-state index in [9.17, 15) is 17.6 Å². The number of halogens is 4. The standard InChI is InChI=1S/C11H6F4N2S/c12-8-2-1-3-10(17-8)18-9-5-4-7(6-16-9)11(13,14)15/h1-6H. The second-order valence-electron chi connectivity index (χ2n) is 3.28. The van der Waals surface area contributed by atoms with Crippen molar-refractivity contribution in [3.63, 3.8) is 0 Å². The maximum Gasteiger partial charge on any atom is 0.417 e. The van der Waals surface area contributed by atoms with Crippen molar-refractivity contribution in [2.75, 3.05) is 0 Å². The first-order valence-electron chi connectivity index (χ1n) is 4.79. The molecule has 0 spiro atoms. The van der Waals surface area contributed by atoms with Gasteiger partial charge in [-0.1, -0.05) is 17.8 Å². The Morgan fingerprint density at radius 1 is 1.00 bits per heavy atom. The number of pyridine rings is 2. The number of aromatic nitrogens is 2. The molecule has 2 aromatic rings. The fourth-order valence-electron chi connectivity index (χ4n) is 1.16. The number of rotatable bonds is 2. The predicted molar refractivity (Wildman–Crippen MR) is 57.6 cm³/mol. The van der Waals surface area contributed by atoms with Crippen LogP contribution in [0, 0.1) is 5.95 Å². The summed E-state index contributed by atoms with van der Waals surface area (Å²) >= 11 is 0.992. The zero-order chi connectivity index (χ0) is 13.2. The molecule has 0 aromatic carbocycles. The highest BCUT2D eigenvalue weighted by atomic mass is 32.2. The molecule has 0 aliphatic carbocycles. The Hall–Kier alpha value is -1.63. The number of nitrogens with zero attached hydrogens (tertiary/aromatic N) is 2. The Kier molecular flexibility index (Phi) is 3.51. The molecule has 7 heteroatoms. The van der Waals surface area contributed by atoms with Crippen molar-refractivity contribution in [1.82, 2.24) is 9.97 Å². The van der Waals surface area contributed by atoms with E-state index in [0.29, 0.717) is 10.1 Å². The molecule has 0 saturated heterocycles. The van der Waals surface area contributed by atoms with Crippen LogP contribution in [0.4, 0.5) is 17.6 Å². The summed E-state index contributed by atoms with van der Waals surface area (Å²) in [5.41, 5.74) is -0.820. The Labute approximate surface area is 104 Å². The van der Waals surface area contributed by atoms with Gasteiger partial charge in [-0.05, 0) is 24.3 Å². The van der Waals surface area contributed by atoms with Crippen LogP contribution in [-0.4, -0.2) is 9.97 Å². The van der Waals surface area contributed by atoms with Gasteiger partial charge in [0.25, 0.3) is 0 Å². The van der Waals surface area contributed by atoms with Crippen LogP contribution in [0.1, 0.15) is 5.56 Å². The van der Waals surface area contributed by atoms with E-state index in [1.807, 2.05) is 0 Å². The van der Waals surface area contributed by atoms with Crippen molar-refractivity contribution in [1.29, 1.82) is 0 Å². The maximum atomic E-state index is 12.8. The second-order valence-corrected chi connectivity index (χ2v) is 4.32. The fourth-order valence-corrected chi connectivity index (χ4v) is 1.90. The first kappa shape index (κ1) is 12.8. The zero-order valence-corrected chi connectivity index (χ0v) is 9.60. The van der Waals surface area contributed by atoms with E-state index in [-0.39, 0.29) is 0 Å². The molecular weight excluding hydrogens is 268 g/mol. The summed E-state index contributed by atoms with van der Waals surface area (Å²) in [6, 6.07) is 6.35. The quantitative estimate of drug-likeness (QED) is 0.615. The van der Waals surface area contributed by atoms with Gasteiger partial charge in [0.05, 0.1) is 5.56 Å². The summed E-state index contributed by atoms with van der Waals surface area (Å²) in [7, 11) is 0. The van der Waals surface area contributed by atoms with Gasteiger partial charge in [-0.25, -0.2) is 9.97 Å². The molecule has 2 heterocycles. The largest absolute Gasteiger partial charge is 0.417 e. The zero-order valence-electron chi connectivity index (χ0n) is 8.78. The Morgan fingerprint density at radius 2 is 1.78 bits per heavy atom. The SMILES string of the molecule is Fc1cccc(Sc2ccc(C(F)(F)F)cn2)n1. The van der Waals surface area contributed by atoms with E-state index in [4.69, 9.17) is 0 Å².